The highest BCUT2D eigenvalue weighted by atomic mass is 16.5. The van der Waals surface area contributed by atoms with Crippen molar-refractivity contribution in [2.75, 3.05) is 14.2 Å². The molecular formula is C21H25NO5. The molecule has 2 atom stereocenters. The van der Waals surface area contributed by atoms with Gasteiger partial charge in [0.2, 0.25) is 5.91 Å². The summed E-state index contributed by atoms with van der Waals surface area (Å²) in [7, 11) is 3.03. The maximum Gasteiger partial charge on any atom is 0.305 e. The highest BCUT2D eigenvalue weighted by molar-refractivity contribution is 5.78. The van der Waals surface area contributed by atoms with Crippen LogP contribution in [0.15, 0.2) is 48.5 Å². The third-order valence-electron chi connectivity index (χ3n) is 4.39. The quantitative estimate of drug-likeness (QED) is 0.704. The van der Waals surface area contributed by atoms with Gasteiger partial charge in [0.25, 0.3) is 0 Å². The van der Waals surface area contributed by atoms with E-state index in [4.69, 9.17) is 9.47 Å². The van der Waals surface area contributed by atoms with Crippen LogP contribution in [0.3, 0.4) is 0 Å². The summed E-state index contributed by atoms with van der Waals surface area (Å²) in [6.07, 6.45) is 0.0206. The molecule has 0 radical (unpaired) electrons. The van der Waals surface area contributed by atoms with Gasteiger partial charge in [-0.3, -0.25) is 9.59 Å². The normalized spacial score (nSPS) is 12.7. The van der Waals surface area contributed by atoms with Gasteiger partial charge in [0.1, 0.15) is 11.5 Å². The number of hydrogen-bond donors (Lipinski definition) is 2. The molecule has 2 rings (SSSR count). The Kier molecular flexibility index (Phi) is 7.23. The molecule has 27 heavy (non-hydrogen) atoms. The Hall–Kier alpha value is -3.02. The van der Waals surface area contributed by atoms with Crippen molar-refractivity contribution >= 4 is 11.9 Å². The average molecular weight is 371 g/mol. The minimum absolute atomic E-state index is 0.0226. The fourth-order valence-corrected chi connectivity index (χ4v) is 2.95. The van der Waals surface area contributed by atoms with Crippen molar-refractivity contribution in [1.29, 1.82) is 0 Å². The zero-order valence-electron chi connectivity index (χ0n) is 15.8. The number of carbonyl (C=O) groups excluding carboxylic acids is 1. The first kappa shape index (κ1) is 20.3. The zero-order chi connectivity index (χ0) is 19.8. The van der Waals surface area contributed by atoms with E-state index < -0.39 is 12.0 Å². The number of carbonyl (C=O) groups is 2. The highest BCUT2D eigenvalue weighted by Crippen LogP contribution is 2.31. The molecule has 0 spiro atoms. The molecular weight excluding hydrogens is 346 g/mol. The Balaban J connectivity index is 2.17. The third kappa shape index (κ3) is 5.74. The summed E-state index contributed by atoms with van der Waals surface area (Å²) in [5.41, 5.74) is 1.66. The number of hydrogen-bond acceptors (Lipinski definition) is 4. The van der Waals surface area contributed by atoms with Gasteiger partial charge in [-0.25, -0.2) is 0 Å². The Morgan fingerprint density at radius 3 is 2.33 bits per heavy atom. The van der Waals surface area contributed by atoms with E-state index in [9.17, 15) is 14.7 Å². The number of benzene rings is 2. The molecule has 0 fully saturated rings. The van der Waals surface area contributed by atoms with Crippen LogP contribution < -0.4 is 14.8 Å². The number of rotatable bonds is 9. The molecule has 2 aromatic rings. The predicted molar refractivity (Wildman–Crippen MR) is 102 cm³/mol. The van der Waals surface area contributed by atoms with Crippen molar-refractivity contribution in [3.05, 3.63) is 59.7 Å². The van der Waals surface area contributed by atoms with Crippen LogP contribution in [0.2, 0.25) is 0 Å². The first-order chi connectivity index (χ1) is 12.9. The number of carboxylic acids is 1. The minimum Gasteiger partial charge on any atom is -0.497 e. The molecule has 6 heteroatoms. The maximum absolute atomic E-state index is 12.5. The second kappa shape index (κ2) is 9.62. The number of amides is 1. The lowest BCUT2D eigenvalue weighted by Crippen LogP contribution is -2.31. The summed E-state index contributed by atoms with van der Waals surface area (Å²) in [6, 6.07) is 14.1. The van der Waals surface area contributed by atoms with Crippen molar-refractivity contribution in [2.24, 2.45) is 0 Å². The summed E-state index contributed by atoms with van der Waals surface area (Å²) in [4.78, 5) is 23.9. The summed E-state index contributed by atoms with van der Waals surface area (Å²) in [6.45, 7) is 1.97. The van der Waals surface area contributed by atoms with Gasteiger partial charge in [0.05, 0.1) is 26.7 Å². The standard InChI is InChI=1S/C21H25NO5/c1-14(15-7-5-4-6-8-15)11-20(23)22-18(13-21(24)25)17-10-9-16(26-2)12-19(17)27-3/h4-10,12,14,18H,11,13H2,1-3H3,(H,22,23)(H,24,25). The summed E-state index contributed by atoms with van der Waals surface area (Å²) < 4.78 is 10.5. The van der Waals surface area contributed by atoms with E-state index in [2.05, 4.69) is 5.32 Å². The second-order valence-electron chi connectivity index (χ2n) is 6.34. The van der Waals surface area contributed by atoms with E-state index in [-0.39, 0.29) is 24.7 Å². The molecule has 144 valence electrons. The van der Waals surface area contributed by atoms with E-state index in [1.807, 2.05) is 37.3 Å². The number of nitrogens with one attached hydrogen (secondary N) is 1. The molecule has 1 amide bonds. The van der Waals surface area contributed by atoms with Crippen LogP contribution in [-0.2, 0) is 9.59 Å². The van der Waals surface area contributed by atoms with Crippen molar-refractivity contribution < 1.29 is 24.2 Å². The summed E-state index contributed by atoms with van der Waals surface area (Å²) in [5.74, 6) is -0.134. The van der Waals surface area contributed by atoms with Crippen LogP contribution in [-0.4, -0.2) is 31.2 Å². The van der Waals surface area contributed by atoms with E-state index >= 15 is 0 Å². The Labute approximate surface area is 159 Å². The first-order valence-corrected chi connectivity index (χ1v) is 8.72. The largest absolute Gasteiger partial charge is 0.497 e. The molecule has 0 heterocycles. The molecule has 2 N–H and O–H groups in total. The van der Waals surface area contributed by atoms with E-state index in [1.165, 1.54) is 14.2 Å². The molecule has 0 aliphatic rings. The average Bonchev–Trinajstić information content (AvgIpc) is 2.67. The predicted octanol–water partition coefficient (Wildman–Crippen LogP) is 3.53. The van der Waals surface area contributed by atoms with Gasteiger partial charge >= 0.3 is 5.97 Å². The van der Waals surface area contributed by atoms with Crippen LogP contribution in [0.5, 0.6) is 11.5 Å². The molecule has 0 aromatic heterocycles. The molecule has 0 bridgehead atoms. The van der Waals surface area contributed by atoms with Gasteiger partial charge in [-0.15, -0.1) is 0 Å². The number of methoxy groups -OCH3 is 2. The topological polar surface area (TPSA) is 84.9 Å². The Bertz CT molecular complexity index is 775. The smallest absolute Gasteiger partial charge is 0.305 e. The third-order valence-corrected chi connectivity index (χ3v) is 4.39. The molecule has 0 aliphatic heterocycles. The van der Waals surface area contributed by atoms with Gasteiger partial charge in [-0.1, -0.05) is 37.3 Å². The van der Waals surface area contributed by atoms with Gasteiger partial charge in [0.15, 0.2) is 0 Å². The van der Waals surface area contributed by atoms with Gasteiger partial charge < -0.3 is 19.9 Å². The Morgan fingerprint density at radius 1 is 1.04 bits per heavy atom. The minimum atomic E-state index is -1.01. The molecule has 0 saturated heterocycles. The van der Waals surface area contributed by atoms with Crippen molar-refractivity contribution in [1.82, 2.24) is 5.32 Å². The highest BCUT2D eigenvalue weighted by Gasteiger charge is 2.23. The van der Waals surface area contributed by atoms with Crippen molar-refractivity contribution in [3.8, 4) is 11.5 Å². The van der Waals surface area contributed by atoms with Crippen LogP contribution in [0, 0.1) is 0 Å². The molecule has 0 saturated carbocycles. The second-order valence-corrected chi connectivity index (χ2v) is 6.34. The molecule has 2 aromatic carbocycles. The lowest BCUT2D eigenvalue weighted by atomic mass is 9.96. The monoisotopic (exact) mass is 371 g/mol. The summed E-state index contributed by atoms with van der Waals surface area (Å²) in [5, 5.41) is 12.1. The molecule has 6 nitrogen and oxygen atoms in total. The van der Waals surface area contributed by atoms with Crippen LogP contribution >= 0.6 is 0 Å². The van der Waals surface area contributed by atoms with E-state index in [1.54, 1.807) is 18.2 Å². The van der Waals surface area contributed by atoms with Crippen molar-refractivity contribution in [3.63, 3.8) is 0 Å². The fourth-order valence-electron chi connectivity index (χ4n) is 2.95. The number of ether oxygens (including phenoxy) is 2. The fraction of sp³-hybridized carbons (Fsp3) is 0.333. The maximum atomic E-state index is 12.5. The number of aliphatic carboxylic acids is 1. The molecule has 2 unspecified atom stereocenters. The SMILES string of the molecule is COc1ccc(C(CC(=O)O)NC(=O)CC(C)c2ccccc2)c(OC)c1. The first-order valence-electron chi connectivity index (χ1n) is 8.72. The van der Waals surface area contributed by atoms with Crippen molar-refractivity contribution in [2.45, 2.75) is 31.7 Å². The lowest BCUT2D eigenvalue weighted by molar-refractivity contribution is -0.137. The van der Waals surface area contributed by atoms with Crippen LogP contribution in [0.25, 0.3) is 0 Å². The van der Waals surface area contributed by atoms with E-state index in [0.717, 1.165) is 5.56 Å². The lowest BCUT2D eigenvalue weighted by Gasteiger charge is -2.21. The van der Waals surface area contributed by atoms with Gasteiger partial charge in [-0.05, 0) is 23.6 Å². The summed E-state index contributed by atoms with van der Waals surface area (Å²) >= 11 is 0. The van der Waals surface area contributed by atoms with E-state index in [0.29, 0.717) is 17.1 Å². The zero-order valence-corrected chi connectivity index (χ0v) is 15.8. The van der Waals surface area contributed by atoms with Crippen LogP contribution in [0.4, 0.5) is 0 Å². The van der Waals surface area contributed by atoms with Gasteiger partial charge in [0, 0.05) is 18.1 Å². The number of carboxylic acid groups (broad SMARTS) is 1. The molecule has 0 aliphatic carbocycles. The van der Waals surface area contributed by atoms with Crippen LogP contribution in [0.1, 0.15) is 42.9 Å². The van der Waals surface area contributed by atoms with Gasteiger partial charge in [-0.2, -0.15) is 0 Å². The Morgan fingerprint density at radius 2 is 1.74 bits per heavy atom.